The van der Waals surface area contributed by atoms with Gasteiger partial charge in [0.05, 0.1) is 6.61 Å². The molecule has 0 aliphatic carbocycles. The Bertz CT molecular complexity index is 863. The maximum atomic E-state index is 11.9. The summed E-state index contributed by atoms with van der Waals surface area (Å²) in [6.45, 7) is 1.62. The van der Waals surface area contributed by atoms with Crippen LogP contribution in [0.4, 0.5) is 0 Å². The Labute approximate surface area is 372 Å². The Morgan fingerprint density at radius 3 is 1.39 bits per heavy atom. The van der Waals surface area contributed by atoms with Gasteiger partial charge in [0.15, 0.2) is 6.10 Å². The molecule has 1 amide bonds. The number of carbonyl (C=O) groups is 2. The Kier molecular flexibility index (Phi) is 77.5. The molecule has 6 atom stereocenters. The average Bonchev–Trinajstić information content (AvgIpc) is 2.58. The maximum absolute atomic E-state index is 11.9. The van der Waals surface area contributed by atoms with Crippen LogP contribution in [0.15, 0.2) is 0 Å². The van der Waals surface area contributed by atoms with Crippen LogP contribution in [0.1, 0.15) is 13.8 Å². The third-order valence-corrected chi connectivity index (χ3v) is 5.24. The summed E-state index contributed by atoms with van der Waals surface area (Å²) in [5, 5.41) is 48.5. The van der Waals surface area contributed by atoms with Gasteiger partial charge in [0.25, 0.3) is 5.91 Å². The molecule has 0 heterocycles. The van der Waals surface area contributed by atoms with E-state index in [0.717, 1.165) is 0 Å². The van der Waals surface area contributed by atoms with Gasteiger partial charge in [-0.05, 0) is 5.92 Å². The Balaban J connectivity index is -0.0000000504. The molecule has 0 aromatic rings. The van der Waals surface area contributed by atoms with E-state index in [1.165, 1.54) is 13.8 Å². The molecule has 0 aliphatic heterocycles. The molecule has 0 fully saturated rings. The predicted molar refractivity (Wildman–Crippen MR) is 156 cm³/mol. The van der Waals surface area contributed by atoms with Crippen LogP contribution in [0.5, 0.6) is 0 Å². The molecule has 0 saturated carbocycles. The number of amides is 1. The first-order valence-electron chi connectivity index (χ1n) is 8.19. The van der Waals surface area contributed by atoms with Crippen LogP contribution in [0.2, 0.25) is 0 Å². The fraction of sp³-hybridized carbons (Fsp3) is 0.818. The van der Waals surface area contributed by atoms with Gasteiger partial charge in [-0.15, -0.1) is 0 Å². The van der Waals surface area contributed by atoms with Gasteiger partial charge in [0.1, 0.15) is 24.4 Å². The van der Waals surface area contributed by atoms with E-state index in [4.69, 9.17) is 37.3 Å². The number of carbonyl (C=O) groups excluding carboxylic acids is 2. The second-order valence-corrected chi connectivity index (χ2v) is 9.95. The molecule has 26 nitrogen and oxygen atoms in total. The van der Waals surface area contributed by atoms with Crippen LogP contribution in [-0.4, -0.2) is 300 Å². The van der Waals surface area contributed by atoms with Crippen LogP contribution < -0.4 is 5.32 Å². The SMILES string of the molecule is CC(C)[C@H](NC(=O)[C@H](O)[C@@H](O)[C@H](O)[C@H](O)CO)C(=O)OP(=O)(O)OP(=O)(O)O.O.O.O.O.O.O.O.O=S(=O)(O)O.[KH].[KH].[MgH2].[NaH]. The van der Waals surface area contributed by atoms with Gasteiger partial charge in [-0.3, -0.25) is 18.8 Å². The van der Waals surface area contributed by atoms with Crippen molar-refractivity contribution in [1.82, 2.24) is 5.32 Å². The number of hydrogen-bond acceptors (Lipinski definition) is 13. The Morgan fingerprint density at radius 1 is 0.818 bits per heavy atom. The molecular formula is C11H44K2MgNNaO25P2S. The van der Waals surface area contributed by atoms with Crippen LogP contribution in [0, 0.1) is 5.92 Å². The molecule has 0 saturated heterocycles. The van der Waals surface area contributed by atoms with Crippen LogP contribution >= 0.6 is 15.6 Å². The first kappa shape index (κ1) is 86.4. The standard InChI is InChI=1S/C11H23NO14P2.2K.Mg.Na.H2O4S.7H2O.5H/c1-4(2)6(11(19)25-28(23,24)26-27(20,21)22)12-10(18)9(17)8(16)7(15)5(14)3-13;;;;;1-5(2,3)4;;;;;;;;;;;;/h4-9,13-17H,3H2,1-2H3,(H,12,18)(H,23,24)(H2,20,21,22);;;;;(H2,1,2,3,4);7*1H2;;;;;/t5-,6+,7-,8+,9-;;;;;;;;;;;;;;;;;/m1................./s1. The molecule has 1 unspecified atom stereocenters. The van der Waals surface area contributed by atoms with Crippen LogP contribution in [0.25, 0.3) is 0 Å². The third kappa shape index (κ3) is 45.7. The zero-order valence-corrected chi connectivity index (χ0v) is 22.8. The van der Waals surface area contributed by atoms with Crippen molar-refractivity contribution < 1.29 is 124 Å². The number of aliphatic hydroxyl groups excluding tert-OH is 5. The summed E-state index contributed by atoms with van der Waals surface area (Å²) in [5.41, 5.74) is 0. The third-order valence-electron chi connectivity index (χ3n) is 3.16. The monoisotopic (exact) mass is 809 g/mol. The van der Waals surface area contributed by atoms with Gasteiger partial charge >= 0.3 is 187 Å². The number of aliphatic hydroxyl groups is 5. The van der Waals surface area contributed by atoms with Gasteiger partial charge in [-0.25, -0.2) is 13.9 Å². The summed E-state index contributed by atoms with van der Waals surface area (Å²) in [4.78, 5) is 50.0. The summed E-state index contributed by atoms with van der Waals surface area (Å²) in [7, 11) is -15.7. The molecule has 25 N–H and O–H groups in total. The minimum atomic E-state index is -5.56. The van der Waals surface area contributed by atoms with Gasteiger partial charge in [0.2, 0.25) is 0 Å². The Hall–Kier alpha value is 3.67. The number of nitrogens with one attached hydrogen (secondary N) is 1. The van der Waals surface area contributed by atoms with Crippen molar-refractivity contribution in [2.24, 2.45) is 5.92 Å². The second kappa shape index (κ2) is 39.5. The quantitative estimate of drug-likeness (QED) is 0.0524. The van der Waals surface area contributed by atoms with Crippen molar-refractivity contribution >= 4 is 193 Å². The van der Waals surface area contributed by atoms with E-state index in [0.29, 0.717) is 0 Å². The van der Waals surface area contributed by atoms with Crippen molar-refractivity contribution in [1.29, 1.82) is 0 Å². The van der Waals surface area contributed by atoms with Crippen molar-refractivity contribution in [3.8, 4) is 0 Å². The van der Waals surface area contributed by atoms with Crippen LogP contribution in [-0.2, 0) is 38.0 Å². The molecule has 0 spiro atoms. The summed E-state index contributed by atoms with van der Waals surface area (Å²) in [6, 6.07) is -1.75. The average molecular weight is 810 g/mol. The summed E-state index contributed by atoms with van der Waals surface area (Å²) in [6.07, 6.45) is -8.72. The molecule has 0 rings (SSSR count). The fourth-order valence-electron chi connectivity index (χ4n) is 1.74. The fourth-order valence-corrected chi connectivity index (χ4v) is 3.29. The van der Waals surface area contributed by atoms with Gasteiger partial charge in [-0.2, -0.15) is 12.7 Å². The zero-order chi connectivity index (χ0) is 26.9. The number of hydrogen-bond donors (Lipinski definition) is 11. The van der Waals surface area contributed by atoms with E-state index >= 15 is 0 Å². The van der Waals surface area contributed by atoms with Gasteiger partial charge in [-0.1, -0.05) is 13.8 Å². The van der Waals surface area contributed by atoms with Crippen LogP contribution in [0.3, 0.4) is 0 Å². The molecular weight excluding hydrogens is 766 g/mol. The molecule has 0 bridgehead atoms. The molecule has 264 valence electrons. The molecule has 0 aliphatic rings. The first-order chi connectivity index (χ1) is 14.5. The van der Waals surface area contributed by atoms with Crippen molar-refractivity contribution in [3.05, 3.63) is 0 Å². The second-order valence-electron chi connectivity index (χ2n) is 6.31. The van der Waals surface area contributed by atoms with E-state index < -0.39 is 80.9 Å². The van der Waals surface area contributed by atoms with Gasteiger partial charge < -0.3 is 83.5 Å². The van der Waals surface area contributed by atoms with E-state index in [1.54, 1.807) is 0 Å². The van der Waals surface area contributed by atoms with Crippen molar-refractivity contribution in [2.75, 3.05) is 6.61 Å². The molecule has 44 heavy (non-hydrogen) atoms. The van der Waals surface area contributed by atoms with E-state index in [1.807, 2.05) is 5.32 Å². The Morgan fingerprint density at radius 2 is 1.14 bits per heavy atom. The first-order valence-corrected chi connectivity index (χ1v) is 12.6. The topological polar surface area (TPSA) is 556 Å². The molecule has 0 aromatic carbocycles. The van der Waals surface area contributed by atoms with E-state index in [2.05, 4.69) is 8.83 Å². The normalized spacial score (nSPS) is 13.9. The molecule has 33 heteroatoms. The number of phosphoric ester groups is 1. The minimum absolute atomic E-state index is 0. The van der Waals surface area contributed by atoms with Crippen molar-refractivity contribution in [2.45, 2.75) is 44.3 Å². The zero-order valence-electron chi connectivity index (χ0n) is 20.2. The van der Waals surface area contributed by atoms with E-state index in [9.17, 15) is 39.1 Å². The number of phosphoric acid groups is 2. The van der Waals surface area contributed by atoms with Gasteiger partial charge in [0, 0.05) is 0 Å². The summed E-state index contributed by atoms with van der Waals surface area (Å²) in [5.74, 6) is -4.00. The summed E-state index contributed by atoms with van der Waals surface area (Å²) >= 11 is 0. The number of rotatable bonds is 11. The molecule has 0 radical (unpaired) electrons. The van der Waals surface area contributed by atoms with Crippen molar-refractivity contribution in [3.63, 3.8) is 0 Å². The predicted octanol–water partition coefficient (Wildman–Crippen LogP) is -13.0. The summed E-state index contributed by atoms with van der Waals surface area (Å²) < 4.78 is 61.0. The molecule has 0 aromatic heterocycles. The van der Waals surface area contributed by atoms with E-state index in [-0.39, 0.29) is 194 Å².